The molecule has 0 aromatic heterocycles. The van der Waals surface area contributed by atoms with Gasteiger partial charge in [0.15, 0.2) is 12.2 Å². The van der Waals surface area contributed by atoms with Crippen molar-refractivity contribution in [2.45, 2.75) is 368 Å². The van der Waals surface area contributed by atoms with Crippen LogP contribution in [0.4, 0.5) is 0 Å². The Morgan fingerprint density at radius 3 is 0.782 bits per heavy atom. The van der Waals surface area contributed by atoms with Crippen molar-refractivity contribution in [3.8, 4) is 0 Å². The first-order valence-electron chi connectivity index (χ1n) is 35.6. The van der Waals surface area contributed by atoms with Crippen LogP contribution in [0.25, 0.3) is 0 Å². The number of hydrogen-bond donors (Lipinski definition) is 3. The summed E-state index contributed by atoms with van der Waals surface area (Å²) in [6.45, 7) is 7.10. The summed E-state index contributed by atoms with van der Waals surface area (Å²) < 4.78 is 68.0. The SMILES string of the molecule is CCCCCCCCCCCCCCCCCCCCCC(=O)O[C@H](COC(=O)CCCCCCCCCCCCCC)COP(=O)(O)OC[C@@H](O)COP(=O)(O)OC[C@@H](COC(=O)CCCCCCC)OC(=O)CCCCCCCCCCC(C)C. The molecule has 0 aromatic rings. The molecule has 516 valence electrons. The number of phosphoric ester groups is 2. The van der Waals surface area contributed by atoms with Crippen molar-refractivity contribution in [3.63, 3.8) is 0 Å². The minimum atomic E-state index is -4.95. The summed E-state index contributed by atoms with van der Waals surface area (Å²) in [5.41, 5.74) is 0. The van der Waals surface area contributed by atoms with Crippen molar-refractivity contribution in [1.82, 2.24) is 0 Å². The monoisotopic (exact) mass is 1280 g/mol. The molecule has 3 N–H and O–H groups in total. The number of unbranched alkanes of at least 4 members (excludes halogenated alkanes) is 40. The molecule has 0 aliphatic heterocycles. The van der Waals surface area contributed by atoms with Crippen LogP contribution in [0.1, 0.15) is 349 Å². The Bertz CT molecular complexity index is 1690. The molecule has 0 fully saturated rings. The predicted octanol–water partition coefficient (Wildman–Crippen LogP) is 19.4. The Morgan fingerprint density at radius 2 is 0.529 bits per heavy atom. The van der Waals surface area contributed by atoms with Crippen molar-refractivity contribution in [2.75, 3.05) is 39.6 Å². The van der Waals surface area contributed by atoms with Crippen molar-refractivity contribution in [1.29, 1.82) is 0 Å². The quantitative estimate of drug-likeness (QED) is 0.0222. The lowest BCUT2D eigenvalue weighted by Gasteiger charge is -2.21. The number of aliphatic hydroxyl groups is 1. The number of rotatable bonds is 68. The second-order valence-electron chi connectivity index (χ2n) is 25.0. The minimum Gasteiger partial charge on any atom is -0.462 e. The fourth-order valence-electron chi connectivity index (χ4n) is 10.3. The van der Waals surface area contributed by atoms with E-state index in [1.807, 2.05) is 0 Å². The largest absolute Gasteiger partial charge is 0.472 e. The predicted molar refractivity (Wildman–Crippen MR) is 349 cm³/mol. The first-order chi connectivity index (χ1) is 42.0. The van der Waals surface area contributed by atoms with Crippen LogP contribution in [0.5, 0.6) is 0 Å². The van der Waals surface area contributed by atoms with Gasteiger partial charge >= 0.3 is 39.5 Å². The number of carbonyl (C=O) groups is 4. The van der Waals surface area contributed by atoms with Crippen LogP contribution in [-0.4, -0.2) is 96.7 Å². The molecule has 87 heavy (non-hydrogen) atoms. The van der Waals surface area contributed by atoms with Gasteiger partial charge in [0.1, 0.15) is 19.3 Å². The molecule has 0 amide bonds. The second kappa shape index (κ2) is 61.6. The summed E-state index contributed by atoms with van der Waals surface area (Å²) in [5.74, 6) is -1.42. The van der Waals surface area contributed by atoms with E-state index in [4.69, 9.17) is 37.0 Å². The number of aliphatic hydroxyl groups excluding tert-OH is 1. The number of phosphoric acid groups is 2. The molecule has 0 aliphatic rings. The van der Waals surface area contributed by atoms with Crippen LogP contribution in [-0.2, 0) is 65.4 Å². The number of hydrogen-bond acceptors (Lipinski definition) is 15. The molecule has 0 saturated carbocycles. The molecule has 0 aromatic carbocycles. The first-order valence-corrected chi connectivity index (χ1v) is 38.6. The highest BCUT2D eigenvalue weighted by atomic mass is 31.2. The zero-order valence-electron chi connectivity index (χ0n) is 56.2. The van der Waals surface area contributed by atoms with Crippen LogP contribution in [0.2, 0.25) is 0 Å². The molecule has 2 unspecified atom stereocenters. The van der Waals surface area contributed by atoms with Gasteiger partial charge in [-0.05, 0) is 31.6 Å². The highest BCUT2D eigenvalue weighted by Crippen LogP contribution is 2.45. The third kappa shape index (κ3) is 62.6. The molecular weight excluding hydrogens is 1150 g/mol. The van der Waals surface area contributed by atoms with Gasteiger partial charge in [-0.25, -0.2) is 9.13 Å². The van der Waals surface area contributed by atoms with Gasteiger partial charge < -0.3 is 33.8 Å². The average Bonchev–Trinajstić information content (AvgIpc) is 3.65. The maximum absolute atomic E-state index is 13.0. The van der Waals surface area contributed by atoms with Gasteiger partial charge in [-0.1, -0.05) is 298 Å². The molecule has 5 atom stereocenters. The highest BCUT2D eigenvalue weighted by Gasteiger charge is 2.30. The van der Waals surface area contributed by atoms with Gasteiger partial charge in [0.25, 0.3) is 0 Å². The zero-order chi connectivity index (χ0) is 64.2. The van der Waals surface area contributed by atoms with Crippen LogP contribution < -0.4 is 0 Å². The Kier molecular flexibility index (Phi) is 60.2. The van der Waals surface area contributed by atoms with Crippen molar-refractivity contribution in [2.24, 2.45) is 5.92 Å². The molecule has 0 rings (SSSR count). The summed E-state index contributed by atoms with van der Waals surface area (Å²) in [6, 6.07) is 0. The van der Waals surface area contributed by atoms with Gasteiger partial charge in [0, 0.05) is 25.7 Å². The molecule has 0 heterocycles. The lowest BCUT2D eigenvalue weighted by molar-refractivity contribution is -0.161. The van der Waals surface area contributed by atoms with Gasteiger partial charge in [0.2, 0.25) is 0 Å². The fraction of sp³-hybridized carbons (Fsp3) is 0.941. The van der Waals surface area contributed by atoms with E-state index in [0.717, 1.165) is 102 Å². The Balaban J connectivity index is 5.13. The highest BCUT2D eigenvalue weighted by molar-refractivity contribution is 7.47. The van der Waals surface area contributed by atoms with Gasteiger partial charge in [0.05, 0.1) is 26.4 Å². The van der Waals surface area contributed by atoms with Crippen LogP contribution in [0.15, 0.2) is 0 Å². The number of ether oxygens (including phenoxy) is 4. The standard InChI is InChI=1S/C68H132O17P2/c1-6-9-12-15-17-19-21-23-24-25-26-27-28-29-31-33-38-43-48-53-67(72)85-64(58-79-66(71)52-47-42-37-32-30-22-20-18-16-13-10-7-2)60-83-87(76,77)81-56-62(69)55-80-86(74,75)82-59-63(57-78-65(70)51-46-40-14-11-8-3)84-68(73)54-49-44-39-35-34-36-41-45-50-61(4)5/h61-64,69H,6-60H2,1-5H3,(H,74,75)(H,76,77)/t62-,63+,64+/m0/s1. The lowest BCUT2D eigenvalue weighted by Crippen LogP contribution is -2.30. The Morgan fingerprint density at radius 1 is 0.310 bits per heavy atom. The summed E-state index contributed by atoms with van der Waals surface area (Å²) in [5, 5.41) is 10.5. The maximum atomic E-state index is 13.0. The minimum absolute atomic E-state index is 0.104. The molecule has 0 radical (unpaired) electrons. The van der Waals surface area contributed by atoms with Crippen LogP contribution >= 0.6 is 15.6 Å². The Labute approximate surface area is 530 Å². The smallest absolute Gasteiger partial charge is 0.462 e. The molecule has 0 spiro atoms. The molecule has 17 nitrogen and oxygen atoms in total. The zero-order valence-corrected chi connectivity index (χ0v) is 57.9. The third-order valence-electron chi connectivity index (χ3n) is 15.8. The number of carbonyl (C=O) groups excluding carboxylic acids is 4. The van der Waals surface area contributed by atoms with Crippen molar-refractivity contribution < 1.29 is 80.2 Å². The Hall–Kier alpha value is -1.94. The lowest BCUT2D eigenvalue weighted by atomic mass is 10.0. The molecule has 0 bridgehead atoms. The van der Waals surface area contributed by atoms with E-state index < -0.39 is 97.5 Å². The first kappa shape index (κ1) is 85.1. The van der Waals surface area contributed by atoms with Gasteiger partial charge in [-0.3, -0.25) is 37.3 Å². The van der Waals surface area contributed by atoms with Crippen LogP contribution in [0, 0.1) is 5.92 Å². The second-order valence-corrected chi connectivity index (χ2v) is 27.9. The van der Waals surface area contributed by atoms with Crippen molar-refractivity contribution >= 4 is 39.5 Å². The fourth-order valence-corrected chi connectivity index (χ4v) is 11.9. The van der Waals surface area contributed by atoms with Crippen molar-refractivity contribution in [3.05, 3.63) is 0 Å². The average molecular weight is 1280 g/mol. The van der Waals surface area contributed by atoms with E-state index in [1.54, 1.807) is 0 Å². The van der Waals surface area contributed by atoms with E-state index >= 15 is 0 Å². The summed E-state index contributed by atoms with van der Waals surface area (Å²) in [7, 11) is -9.88. The van der Waals surface area contributed by atoms with Gasteiger partial charge in [-0.2, -0.15) is 0 Å². The molecule has 19 heteroatoms. The van der Waals surface area contributed by atoms with E-state index in [-0.39, 0.29) is 25.7 Å². The van der Waals surface area contributed by atoms with Gasteiger partial charge in [-0.15, -0.1) is 0 Å². The summed E-state index contributed by atoms with van der Waals surface area (Å²) in [4.78, 5) is 72.1. The number of esters is 4. The van der Waals surface area contributed by atoms with E-state index in [9.17, 15) is 43.2 Å². The van der Waals surface area contributed by atoms with E-state index in [0.29, 0.717) is 25.7 Å². The summed E-state index contributed by atoms with van der Waals surface area (Å²) in [6.07, 6.45) is 47.7. The van der Waals surface area contributed by atoms with E-state index in [1.165, 1.54) is 167 Å². The summed E-state index contributed by atoms with van der Waals surface area (Å²) >= 11 is 0. The molecule has 0 aliphatic carbocycles. The van der Waals surface area contributed by atoms with E-state index in [2.05, 4.69) is 34.6 Å². The maximum Gasteiger partial charge on any atom is 0.472 e. The normalized spacial score (nSPS) is 14.1. The third-order valence-corrected chi connectivity index (χ3v) is 17.7. The van der Waals surface area contributed by atoms with Crippen LogP contribution in [0.3, 0.4) is 0 Å². The molecular formula is C68H132O17P2. The molecule has 0 saturated heterocycles. The topological polar surface area (TPSA) is 237 Å².